The maximum atomic E-state index is 11.5. The molecule has 2 heterocycles. The van der Waals surface area contributed by atoms with Gasteiger partial charge < -0.3 is 9.69 Å². The van der Waals surface area contributed by atoms with Crippen LogP contribution >= 0.6 is 0 Å². The lowest BCUT2D eigenvalue weighted by Gasteiger charge is -2.43. The van der Waals surface area contributed by atoms with Gasteiger partial charge in [-0.3, -0.25) is 9.69 Å². The Hall–Kier alpha value is -0.900. The van der Waals surface area contributed by atoms with Crippen LogP contribution < -0.4 is 0 Å². The fourth-order valence-corrected chi connectivity index (χ4v) is 2.58. The second-order valence-electron chi connectivity index (χ2n) is 4.40. The molecule has 0 aromatic heterocycles. The summed E-state index contributed by atoms with van der Waals surface area (Å²) in [4.78, 5) is 26.2. The van der Waals surface area contributed by atoms with E-state index in [9.17, 15) is 9.59 Å². The molecule has 0 aliphatic carbocycles. The van der Waals surface area contributed by atoms with E-state index in [-0.39, 0.29) is 12.3 Å². The Bertz CT molecular complexity index is 255. The molecule has 0 N–H and O–H groups in total. The SMILES string of the molecule is O=CCC(=O)N1CCN2CCCCC2C1. The van der Waals surface area contributed by atoms with Crippen molar-refractivity contribution in [1.29, 1.82) is 0 Å². The topological polar surface area (TPSA) is 40.6 Å². The van der Waals surface area contributed by atoms with Crippen LogP contribution in [0.2, 0.25) is 0 Å². The zero-order valence-corrected chi connectivity index (χ0v) is 9.02. The first-order chi connectivity index (χ1) is 7.31. The number of hydrogen-bond acceptors (Lipinski definition) is 3. The summed E-state index contributed by atoms with van der Waals surface area (Å²) in [6, 6.07) is 0.545. The Morgan fingerprint density at radius 2 is 2.13 bits per heavy atom. The highest BCUT2D eigenvalue weighted by atomic mass is 16.2. The molecule has 4 nitrogen and oxygen atoms in total. The minimum absolute atomic E-state index is 0.00442. The van der Waals surface area contributed by atoms with Gasteiger partial charge in [-0.25, -0.2) is 0 Å². The maximum Gasteiger partial charge on any atom is 0.229 e. The number of rotatable bonds is 2. The number of carbonyl (C=O) groups is 2. The lowest BCUT2D eigenvalue weighted by Crippen LogP contribution is -2.56. The van der Waals surface area contributed by atoms with Crippen molar-refractivity contribution in [2.45, 2.75) is 31.7 Å². The van der Waals surface area contributed by atoms with Crippen LogP contribution in [0.1, 0.15) is 25.7 Å². The molecule has 2 saturated heterocycles. The highest BCUT2D eigenvalue weighted by Crippen LogP contribution is 2.21. The van der Waals surface area contributed by atoms with E-state index in [0.29, 0.717) is 12.3 Å². The number of nitrogens with zero attached hydrogens (tertiary/aromatic N) is 2. The van der Waals surface area contributed by atoms with Gasteiger partial charge in [0.15, 0.2) is 0 Å². The van der Waals surface area contributed by atoms with Crippen LogP contribution in [0.5, 0.6) is 0 Å². The molecule has 2 aliphatic rings. The number of aldehydes is 1. The lowest BCUT2D eigenvalue weighted by molar-refractivity contribution is -0.136. The highest BCUT2D eigenvalue weighted by Gasteiger charge is 2.30. The molecule has 84 valence electrons. The molecule has 0 aromatic rings. The molecule has 0 bridgehead atoms. The minimum Gasteiger partial charge on any atom is -0.339 e. The van der Waals surface area contributed by atoms with Crippen molar-refractivity contribution in [3.05, 3.63) is 0 Å². The number of amides is 1. The molecule has 0 spiro atoms. The third kappa shape index (κ3) is 2.37. The first-order valence-corrected chi connectivity index (χ1v) is 5.76. The van der Waals surface area contributed by atoms with Gasteiger partial charge >= 0.3 is 0 Å². The van der Waals surface area contributed by atoms with E-state index in [1.165, 1.54) is 25.8 Å². The molecular weight excluding hydrogens is 192 g/mol. The molecule has 0 saturated carbocycles. The van der Waals surface area contributed by atoms with E-state index in [1.807, 2.05) is 4.90 Å². The quantitative estimate of drug-likeness (QED) is 0.485. The molecule has 0 aromatic carbocycles. The third-order valence-electron chi connectivity index (χ3n) is 3.45. The van der Waals surface area contributed by atoms with Crippen molar-refractivity contribution in [1.82, 2.24) is 9.80 Å². The standard InChI is InChI=1S/C11H18N2O2/c14-8-4-11(15)13-7-6-12-5-2-1-3-10(12)9-13/h8,10H,1-7,9H2. The van der Waals surface area contributed by atoms with Gasteiger partial charge in [-0.15, -0.1) is 0 Å². The summed E-state index contributed by atoms with van der Waals surface area (Å²) in [5, 5.41) is 0. The van der Waals surface area contributed by atoms with Gasteiger partial charge in [-0.1, -0.05) is 6.42 Å². The van der Waals surface area contributed by atoms with Crippen LogP contribution in [0, 0.1) is 0 Å². The summed E-state index contributed by atoms with van der Waals surface area (Å²) in [6.45, 7) is 3.78. The molecule has 1 unspecified atom stereocenters. The lowest BCUT2D eigenvalue weighted by atomic mass is 9.99. The minimum atomic E-state index is -0.00442. The highest BCUT2D eigenvalue weighted by molar-refractivity contribution is 5.88. The van der Waals surface area contributed by atoms with Crippen molar-refractivity contribution in [3.8, 4) is 0 Å². The van der Waals surface area contributed by atoms with Crippen molar-refractivity contribution in [2.24, 2.45) is 0 Å². The number of piperidine rings is 1. The van der Waals surface area contributed by atoms with Crippen LogP contribution in [0.4, 0.5) is 0 Å². The fraction of sp³-hybridized carbons (Fsp3) is 0.818. The van der Waals surface area contributed by atoms with Crippen molar-refractivity contribution in [2.75, 3.05) is 26.2 Å². The fourth-order valence-electron chi connectivity index (χ4n) is 2.58. The van der Waals surface area contributed by atoms with E-state index in [4.69, 9.17) is 0 Å². The normalized spacial score (nSPS) is 27.2. The Balaban J connectivity index is 1.90. The van der Waals surface area contributed by atoms with E-state index in [0.717, 1.165) is 19.6 Å². The summed E-state index contributed by atoms with van der Waals surface area (Å²) < 4.78 is 0. The van der Waals surface area contributed by atoms with Crippen LogP contribution in [-0.4, -0.2) is 54.2 Å². The smallest absolute Gasteiger partial charge is 0.229 e. The molecular formula is C11H18N2O2. The summed E-state index contributed by atoms with van der Waals surface area (Å²) in [7, 11) is 0. The Kier molecular flexibility index (Phi) is 3.36. The van der Waals surface area contributed by atoms with Crippen LogP contribution in [0.25, 0.3) is 0 Å². The van der Waals surface area contributed by atoms with Gasteiger partial charge in [0.1, 0.15) is 6.29 Å². The second-order valence-corrected chi connectivity index (χ2v) is 4.40. The van der Waals surface area contributed by atoms with E-state index in [1.54, 1.807) is 0 Å². The average molecular weight is 210 g/mol. The predicted molar refractivity (Wildman–Crippen MR) is 56.5 cm³/mol. The van der Waals surface area contributed by atoms with Gasteiger partial charge in [-0.05, 0) is 19.4 Å². The average Bonchev–Trinajstić information content (AvgIpc) is 2.29. The molecule has 0 radical (unpaired) electrons. The Labute approximate surface area is 90.2 Å². The van der Waals surface area contributed by atoms with Crippen LogP contribution in [0.3, 0.4) is 0 Å². The number of hydrogen-bond donors (Lipinski definition) is 0. The van der Waals surface area contributed by atoms with E-state index in [2.05, 4.69) is 4.90 Å². The Morgan fingerprint density at radius 3 is 2.93 bits per heavy atom. The monoisotopic (exact) mass is 210 g/mol. The van der Waals surface area contributed by atoms with Crippen LogP contribution in [-0.2, 0) is 9.59 Å². The van der Waals surface area contributed by atoms with Gasteiger partial charge in [-0.2, -0.15) is 0 Å². The van der Waals surface area contributed by atoms with Gasteiger partial charge in [0.05, 0.1) is 6.42 Å². The molecule has 1 atom stereocenters. The summed E-state index contributed by atoms with van der Waals surface area (Å²) >= 11 is 0. The second kappa shape index (κ2) is 4.75. The van der Waals surface area contributed by atoms with Gasteiger partial charge in [0, 0.05) is 25.7 Å². The number of fused-ring (bicyclic) bond motifs is 1. The maximum absolute atomic E-state index is 11.5. The first kappa shape index (κ1) is 10.6. The predicted octanol–water partition coefficient (Wildman–Crippen LogP) is 0.272. The van der Waals surface area contributed by atoms with Gasteiger partial charge in [0.25, 0.3) is 0 Å². The zero-order chi connectivity index (χ0) is 10.7. The Morgan fingerprint density at radius 1 is 1.27 bits per heavy atom. The molecule has 1 amide bonds. The van der Waals surface area contributed by atoms with Crippen molar-refractivity contribution in [3.63, 3.8) is 0 Å². The van der Waals surface area contributed by atoms with E-state index >= 15 is 0 Å². The summed E-state index contributed by atoms with van der Waals surface area (Å²) in [5.74, 6) is -0.00442. The molecule has 2 fully saturated rings. The van der Waals surface area contributed by atoms with Crippen molar-refractivity contribution >= 4 is 12.2 Å². The summed E-state index contributed by atoms with van der Waals surface area (Å²) in [5.41, 5.74) is 0. The van der Waals surface area contributed by atoms with Crippen LogP contribution in [0.15, 0.2) is 0 Å². The number of carbonyl (C=O) groups excluding carboxylic acids is 2. The molecule has 2 aliphatic heterocycles. The molecule has 15 heavy (non-hydrogen) atoms. The van der Waals surface area contributed by atoms with Crippen molar-refractivity contribution < 1.29 is 9.59 Å². The van der Waals surface area contributed by atoms with Gasteiger partial charge in [0.2, 0.25) is 5.91 Å². The zero-order valence-electron chi connectivity index (χ0n) is 9.02. The molecule has 2 rings (SSSR count). The largest absolute Gasteiger partial charge is 0.339 e. The third-order valence-corrected chi connectivity index (χ3v) is 3.45. The molecule has 4 heteroatoms. The van der Waals surface area contributed by atoms with E-state index < -0.39 is 0 Å². The summed E-state index contributed by atoms with van der Waals surface area (Å²) in [6.07, 6.45) is 4.52. The first-order valence-electron chi connectivity index (χ1n) is 5.76. The number of piperazine rings is 1.